The molecule has 0 aliphatic carbocycles. The van der Waals surface area contributed by atoms with E-state index in [1.165, 1.54) is 16.7 Å². The Bertz CT molecular complexity index is 524. The summed E-state index contributed by atoms with van der Waals surface area (Å²) in [6.45, 7) is 0. The fourth-order valence-corrected chi connectivity index (χ4v) is 2.51. The minimum atomic E-state index is 0. The fourth-order valence-electron chi connectivity index (χ4n) is 2.51. The SMILES string of the molecule is [NaH].c1ccc(C(c2ccccc2)c2ccccc2)cc1. The van der Waals surface area contributed by atoms with Crippen LogP contribution in [0.4, 0.5) is 0 Å². The number of benzene rings is 3. The molecule has 0 nitrogen and oxygen atoms in total. The second-order valence-corrected chi connectivity index (χ2v) is 4.67. The van der Waals surface area contributed by atoms with Crippen molar-refractivity contribution in [1.29, 1.82) is 0 Å². The fraction of sp³-hybridized carbons (Fsp3) is 0.0526. The van der Waals surface area contributed by atoms with Crippen LogP contribution in [-0.2, 0) is 0 Å². The van der Waals surface area contributed by atoms with Crippen LogP contribution in [0.15, 0.2) is 91.0 Å². The van der Waals surface area contributed by atoms with Crippen LogP contribution in [0.2, 0.25) is 0 Å². The van der Waals surface area contributed by atoms with E-state index in [0.717, 1.165) is 0 Å². The van der Waals surface area contributed by atoms with Gasteiger partial charge in [0, 0.05) is 5.92 Å². The second kappa shape index (κ2) is 7.44. The van der Waals surface area contributed by atoms with Crippen molar-refractivity contribution in [3.05, 3.63) is 108 Å². The smallest absolute Gasteiger partial charge is 0.0339 e. The summed E-state index contributed by atoms with van der Waals surface area (Å²) in [4.78, 5) is 0. The average molecular weight is 268 g/mol. The molecule has 0 heterocycles. The van der Waals surface area contributed by atoms with Crippen LogP contribution in [0.25, 0.3) is 0 Å². The van der Waals surface area contributed by atoms with Gasteiger partial charge in [-0.15, -0.1) is 0 Å². The summed E-state index contributed by atoms with van der Waals surface area (Å²) in [7, 11) is 0. The van der Waals surface area contributed by atoms with Crippen molar-refractivity contribution < 1.29 is 0 Å². The van der Waals surface area contributed by atoms with Gasteiger partial charge in [-0.05, 0) is 16.7 Å². The van der Waals surface area contributed by atoms with Gasteiger partial charge in [-0.3, -0.25) is 0 Å². The van der Waals surface area contributed by atoms with Gasteiger partial charge in [0.1, 0.15) is 0 Å². The van der Waals surface area contributed by atoms with Crippen molar-refractivity contribution in [3.8, 4) is 0 Å². The van der Waals surface area contributed by atoms with Gasteiger partial charge >= 0.3 is 29.6 Å². The van der Waals surface area contributed by atoms with Crippen molar-refractivity contribution in [2.24, 2.45) is 0 Å². The molecule has 0 atom stereocenters. The zero-order chi connectivity index (χ0) is 12.9. The Labute approximate surface area is 142 Å². The van der Waals surface area contributed by atoms with Gasteiger partial charge in [0.05, 0.1) is 0 Å². The van der Waals surface area contributed by atoms with E-state index < -0.39 is 0 Å². The molecular weight excluding hydrogens is 251 g/mol. The van der Waals surface area contributed by atoms with E-state index in [1.807, 2.05) is 0 Å². The van der Waals surface area contributed by atoms with Crippen molar-refractivity contribution in [3.63, 3.8) is 0 Å². The van der Waals surface area contributed by atoms with E-state index in [-0.39, 0.29) is 29.6 Å². The molecule has 0 aliphatic heterocycles. The Morgan fingerprint density at radius 1 is 0.400 bits per heavy atom. The Hall–Kier alpha value is -1.34. The Morgan fingerprint density at radius 2 is 0.650 bits per heavy atom. The third-order valence-corrected chi connectivity index (χ3v) is 3.40. The van der Waals surface area contributed by atoms with E-state index in [9.17, 15) is 0 Å². The summed E-state index contributed by atoms with van der Waals surface area (Å²) < 4.78 is 0. The van der Waals surface area contributed by atoms with Gasteiger partial charge in [0.2, 0.25) is 0 Å². The largest absolute Gasteiger partial charge is 0.0622 e. The molecule has 0 bridgehead atoms. The second-order valence-electron chi connectivity index (χ2n) is 4.67. The summed E-state index contributed by atoms with van der Waals surface area (Å²) >= 11 is 0. The van der Waals surface area contributed by atoms with Crippen molar-refractivity contribution in [2.75, 3.05) is 0 Å². The molecule has 0 fully saturated rings. The van der Waals surface area contributed by atoms with Crippen molar-refractivity contribution in [1.82, 2.24) is 0 Å². The molecule has 94 valence electrons. The van der Waals surface area contributed by atoms with Crippen LogP contribution in [0.1, 0.15) is 22.6 Å². The molecule has 20 heavy (non-hydrogen) atoms. The molecule has 0 amide bonds. The van der Waals surface area contributed by atoms with Crippen LogP contribution >= 0.6 is 0 Å². The van der Waals surface area contributed by atoms with Crippen molar-refractivity contribution >= 4 is 29.6 Å². The standard InChI is InChI=1S/C19H16.Na.H/c1-4-10-16(11-5-1)19(17-12-6-2-7-13-17)18-14-8-3-9-15-18;;/h1-15,19H;;. The third-order valence-electron chi connectivity index (χ3n) is 3.40. The first-order chi connectivity index (χ1) is 9.45. The van der Waals surface area contributed by atoms with Crippen LogP contribution in [0.3, 0.4) is 0 Å². The molecule has 0 spiro atoms. The zero-order valence-corrected chi connectivity index (χ0v) is 10.7. The molecule has 3 rings (SSSR count). The summed E-state index contributed by atoms with van der Waals surface area (Å²) in [6.07, 6.45) is 0. The molecule has 0 aliphatic rings. The first-order valence-corrected chi connectivity index (χ1v) is 6.60. The van der Waals surface area contributed by atoms with Crippen molar-refractivity contribution in [2.45, 2.75) is 5.92 Å². The molecule has 0 saturated carbocycles. The number of rotatable bonds is 3. The normalized spacial score (nSPS) is 10.1. The minimum absolute atomic E-state index is 0. The maximum absolute atomic E-state index is 2.20. The molecule has 0 saturated heterocycles. The van der Waals surface area contributed by atoms with Gasteiger partial charge in [-0.25, -0.2) is 0 Å². The molecular formula is C19H17Na. The minimum Gasteiger partial charge on any atom is -0.0622 e. The maximum atomic E-state index is 2.20. The van der Waals surface area contributed by atoms with E-state index in [2.05, 4.69) is 91.0 Å². The maximum Gasteiger partial charge on any atom is 0.0339 e. The van der Waals surface area contributed by atoms with E-state index >= 15 is 0 Å². The molecule has 3 aromatic carbocycles. The molecule has 3 aromatic rings. The average Bonchev–Trinajstić information content (AvgIpc) is 2.51. The Morgan fingerprint density at radius 3 is 0.900 bits per heavy atom. The van der Waals surface area contributed by atoms with Crippen LogP contribution in [0, 0.1) is 0 Å². The van der Waals surface area contributed by atoms with Crippen LogP contribution in [0.5, 0.6) is 0 Å². The van der Waals surface area contributed by atoms with Gasteiger partial charge in [0.15, 0.2) is 0 Å². The number of hydrogen-bond acceptors (Lipinski definition) is 0. The van der Waals surface area contributed by atoms with Gasteiger partial charge in [-0.2, -0.15) is 0 Å². The molecule has 0 unspecified atom stereocenters. The van der Waals surface area contributed by atoms with E-state index in [1.54, 1.807) is 0 Å². The Kier molecular flexibility index (Phi) is 5.60. The van der Waals surface area contributed by atoms with E-state index in [0.29, 0.717) is 5.92 Å². The molecule has 0 radical (unpaired) electrons. The summed E-state index contributed by atoms with van der Waals surface area (Å²) in [5.74, 6) is 0.309. The summed E-state index contributed by atoms with van der Waals surface area (Å²) in [6, 6.07) is 32.0. The topological polar surface area (TPSA) is 0 Å². The zero-order valence-electron chi connectivity index (χ0n) is 10.7. The van der Waals surface area contributed by atoms with Crippen LogP contribution < -0.4 is 0 Å². The van der Waals surface area contributed by atoms with Gasteiger partial charge in [0.25, 0.3) is 0 Å². The van der Waals surface area contributed by atoms with E-state index in [4.69, 9.17) is 0 Å². The molecule has 0 N–H and O–H groups in total. The predicted molar refractivity (Wildman–Crippen MR) is 87.4 cm³/mol. The Balaban J connectivity index is 0.00000147. The first kappa shape index (κ1) is 15.1. The summed E-state index contributed by atoms with van der Waals surface area (Å²) in [5.41, 5.74) is 4.00. The number of hydrogen-bond donors (Lipinski definition) is 0. The first-order valence-electron chi connectivity index (χ1n) is 6.60. The molecule has 1 heteroatoms. The third kappa shape index (κ3) is 3.40. The quantitative estimate of drug-likeness (QED) is 0.493. The van der Waals surface area contributed by atoms with Crippen LogP contribution in [-0.4, -0.2) is 29.6 Å². The predicted octanol–water partition coefficient (Wildman–Crippen LogP) is 4.22. The summed E-state index contributed by atoms with van der Waals surface area (Å²) in [5, 5.41) is 0. The van der Waals surface area contributed by atoms with Gasteiger partial charge < -0.3 is 0 Å². The monoisotopic (exact) mass is 268 g/mol. The van der Waals surface area contributed by atoms with Gasteiger partial charge in [-0.1, -0.05) is 91.0 Å². The molecule has 0 aromatic heterocycles.